The molecule has 92 valence electrons. The average molecular weight is 225 g/mol. The Hall–Kier alpha value is -0.570. The highest BCUT2D eigenvalue weighted by Crippen LogP contribution is 2.29. The minimum Gasteiger partial charge on any atom is -0.480 e. The number of carboxylic acid groups (broad SMARTS) is 1. The van der Waals surface area contributed by atoms with E-state index in [2.05, 4.69) is 5.32 Å². The van der Waals surface area contributed by atoms with Crippen LogP contribution in [0.4, 0.5) is 0 Å². The molecule has 3 heteroatoms. The molecule has 16 heavy (non-hydrogen) atoms. The molecular weight excluding hydrogens is 202 g/mol. The van der Waals surface area contributed by atoms with Gasteiger partial charge in [0.05, 0.1) is 0 Å². The third-order valence-electron chi connectivity index (χ3n) is 4.19. The number of rotatable bonds is 2. The molecule has 2 atom stereocenters. The van der Waals surface area contributed by atoms with E-state index in [4.69, 9.17) is 5.11 Å². The molecule has 0 bridgehead atoms. The fourth-order valence-electron chi connectivity index (χ4n) is 3.25. The molecule has 0 radical (unpaired) electrons. The summed E-state index contributed by atoms with van der Waals surface area (Å²) in [4.78, 5) is 11.0. The van der Waals surface area contributed by atoms with E-state index in [-0.39, 0.29) is 6.04 Å². The Bertz CT molecular complexity index is 234. The van der Waals surface area contributed by atoms with Gasteiger partial charge < -0.3 is 10.4 Å². The van der Waals surface area contributed by atoms with Crippen LogP contribution in [-0.4, -0.2) is 23.2 Å². The normalized spacial score (nSPS) is 33.2. The minimum atomic E-state index is -0.668. The van der Waals surface area contributed by atoms with Crippen LogP contribution in [0.2, 0.25) is 0 Å². The number of aliphatic carboxylic acids is 1. The summed E-state index contributed by atoms with van der Waals surface area (Å²) in [5.74, 6) is 0.0583. The second-order valence-corrected chi connectivity index (χ2v) is 5.35. The van der Waals surface area contributed by atoms with Crippen LogP contribution in [0.5, 0.6) is 0 Å². The highest BCUT2D eigenvalue weighted by Gasteiger charge is 2.30. The number of hydrogen-bond acceptors (Lipinski definition) is 2. The molecule has 2 rings (SSSR count). The van der Waals surface area contributed by atoms with Crippen molar-refractivity contribution >= 4 is 5.97 Å². The lowest BCUT2D eigenvalue weighted by Crippen LogP contribution is -2.49. The molecule has 2 N–H and O–H groups in total. The van der Waals surface area contributed by atoms with Gasteiger partial charge in [-0.05, 0) is 38.0 Å². The largest absolute Gasteiger partial charge is 0.480 e. The molecule has 1 saturated carbocycles. The molecule has 0 aromatic carbocycles. The molecule has 0 aromatic rings. The van der Waals surface area contributed by atoms with Crippen LogP contribution < -0.4 is 5.32 Å². The summed E-state index contributed by atoms with van der Waals surface area (Å²) in [6.07, 6.45) is 11.0. The summed E-state index contributed by atoms with van der Waals surface area (Å²) >= 11 is 0. The van der Waals surface area contributed by atoms with Crippen LogP contribution in [0.1, 0.15) is 57.8 Å². The number of carbonyl (C=O) groups is 1. The Kier molecular flexibility index (Phi) is 4.22. The van der Waals surface area contributed by atoms with Crippen molar-refractivity contribution in [3.05, 3.63) is 0 Å². The van der Waals surface area contributed by atoms with E-state index in [0.29, 0.717) is 6.04 Å². The summed E-state index contributed by atoms with van der Waals surface area (Å²) in [7, 11) is 0. The maximum absolute atomic E-state index is 11.0. The standard InChI is InChI=1S/C13H23NO2/c15-13(16)12-9-5-8-11(14-12)10-6-3-1-2-4-7-10/h10-12,14H,1-9H2,(H,15,16). The smallest absolute Gasteiger partial charge is 0.320 e. The Labute approximate surface area is 97.6 Å². The van der Waals surface area contributed by atoms with Crippen LogP contribution in [0.15, 0.2) is 0 Å². The lowest BCUT2D eigenvalue weighted by atomic mass is 9.85. The Balaban J connectivity index is 1.89. The fourth-order valence-corrected chi connectivity index (χ4v) is 3.25. The van der Waals surface area contributed by atoms with Crippen LogP contribution in [-0.2, 0) is 4.79 Å². The predicted octanol–water partition coefficient (Wildman–Crippen LogP) is 2.55. The number of piperidine rings is 1. The summed E-state index contributed by atoms with van der Waals surface area (Å²) in [5.41, 5.74) is 0. The highest BCUT2D eigenvalue weighted by atomic mass is 16.4. The third-order valence-corrected chi connectivity index (χ3v) is 4.19. The molecule has 2 aliphatic rings. The van der Waals surface area contributed by atoms with Crippen molar-refractivity contribution in [2.45, 2.75) is 69.9 Å². The van der Waals surface area contributed by atoms with E-state index >= 15 is 0 Å². The summed E-state index contributed by atoms with van der Waals surface area (Å²) in [5, 5.41) is 12.4. The van der Waals surface area contributed by atoms with Gasteiger partial charge in [-0.25, -0.2) is 0 Å². The molecule has 1 saturated heterocycles. The molecule has 1 aliphatic carbocycles. The predicted molar refractivity (Wildman–Crippen MR) is 63.4 cm³/mol. The SMILES string of the molecule is O=C(O)C1CCCC(C2CCCCCC2)N1. The highest BCUT2D eigenvalue weighted by molar-refractivity contribution is 5.73. The van der Waals surface area contributed by atoms with Gasteiger partial charge in [-0.15, -0.1) is 0 Å². The zero-order chi connectivity index (χ0) is 11.4. The van der Waals surface area contributed by atoms with Crippen LogP contribution in [0.3, 0.4) is 0 Å². The Morgan fingerprint density at radius 2 is 1.62 bits per heavy atom. The van der Waals surface area contributed by atoms with Gasteiger partial charge in [-0.2, -0.15) is 0 Å². The van der Waals surface area contributed by atoms with Gasteiger partial charge in [0, 0.05) is 6.04 Å². The third kappa shape index (κ3) is 2.97. The lowest BCUT2D eigenvalue weighted by molar-refractivity contribution is -0.140. The summed E-state index contributed by atoms with van der Waals surface area (Å²) in [6.45, 7) is 0. The van der Waals surface area contributed by atoms with Crippen molar-refractivity contribution in [2.75, 3.05) is 0 Å². The van der Waals surface area contributed by atoms with E-state index in [0.717, 1.165) is 18.8 Å². The van der Waals surface area contributed by atoms with Crippen molar-refractivity contribution in [1.29, 1.82) is 0 Å². The van der Waals surface area contributed by atoms with Crippen molar-refractivity contribution in [3.63, 3.8) is 0 Å². The van der Waals surface area contributed by atoms with Crippen molar-refractivity contribution in [1.82, 2.24) is 5.32 Å². The number of nitrogens with one attached hydrogen (secondary N) is 1. The first kappa shape index (κ1) is 11.9. The van der Waals surface area contributed by atoms with E-state index in [1.165, 1.54) is 44.9 Å². The quantitative estimate of drug-likeness (QED) is 0.710. The van der Waals surface area contributed by atoms with Crippen LogP contribution in [0.25, 0.3) is 0 Å². The second-order valence-electron chi connectivity index (χ2n) is 5.35. The van der Waals surface area contributed by atoms with Gasteiger partial charge in [-0.3, -0.25) is 4.79 Å². The zero-order valence-electron chi connectivity index (χ0n) is 9.95. The van der Waals surface area contributed by atoms with Gasteiger partial charge in [-0.1, -0.05) is 25.7 Å². The van der Waals surface area contributed by atoms with Gasteiger partial charge in [0.2, 0.25) is 0 Å². The minimum absolute atomic E-state index is 0.290. The maximum atomic E-state index is 11.0. The molecule has 0 aromatic heterocycles. The first-order valence-corrected chi connectivity index (χ1v) is 6.76. The fraction of sp³-hybridized carbons (Fsp3) is 0.923. The molecule has 1 aliphatic heterocycles. The molecule has 2 fully saturated rings. The number of carboxylic acids is 1. The van der Waals surface area contributed by atoms with Gasteiger partial charge in [0.15, 0.2) is 0 Å². The van der Waals surface area contributed by atoms with E-state index in [1.54, 1.807) is 0 Å². The lowest BCUT2D eigenvalue weighted by Gasteiger charge is -2.34. The van der Waals surface area contributed by atoms with E-state index < -0.39 is 5.97 Å². The van der Waals surface area contributed by atoms with Crippen LogP contribution in [0, 0.1) is 5.92 Å². The van der Waals surface area contributed by atoms with Gasteiger partial charge >= 0.3 is 5.97 Å². The van der Waals surface area contributed by atoms with E-state index in [1.807, 2.05) is 0 Å². The first-order valence-electron chi connectivity index (χ1n) is 6.76. The molecule has 0 spiro atoms. The zero-order valence-corrected chi connectivity index (χ0v) is 9.95. The van der Waals surface area contributed by atoms with Gasteiger partial charge in [0.1, 0.15) is 6.04 Å². The molecule has 3 nitrogen and oxygen atoms in total. The Morgan fingerprint density at radius 3 is 2.25 bits per heavy atom. The van der Waals surface area contributed by atoms with Crippen molar-refractivity contribution < 1.29 is 9.90 Å². The number of hydrogen-bond donors (Lipinski definition) is 2. The average Bonchev–Trinajstić information content (AvgIpc) is 2.57. The molecule has 2 unspecified atom stereocenters. The molecule has 1 heterocycles. The van der Waals surface area contributed by atoms with Gasteiger partial charge in [0.25, 0.3) is 0 Å². The summed E-state index contributed by atoms with van der Waals surface area (Å²) in [6, 6.07) is 0.176. The monoisotopic (exact) mass is 225 g/mol. The van der Waals surface area contributed by atoms with Crippen molar-refractivity contribution in [2.24, 2.45) is 5.92 Å². The van der Waals surface area contributed by atoms with E-state index in [9.17, 15) is 4.79 Å². The van der Waals surface area contributed by atoms with Crippen LogP contribution >= 0.6 is 0 Å². The second kappa shape index (κ2) is 5.67. The summed E-state index contributed by atoms with van der Waals surface area (Å²) < 4.78 is 0. The maximum Gasteiger partial charge on any atom is 0.320 e. The Morgan fingerprint density at radius 1 is 0.938 bits per heavy atom. The topological polar surface area (TPSA) is 49.3 Å². The molecular formula is C13H23NO2. The van der Waals surface area contributed by atoms with Crippen molar-refractivity contribution in [3.8, 4) is 0 Å². The molecule has 0 amide bonds. The first-order chi connectivity index (χ1) is 7.77.